The molecule has 1 aromatic rings. The lowest BCUT2D eigenvalue weighted by molar-refractivity contribution is 0.326. The molecule has 1 rings (SSSR count). The van der Waals surface area contributed by atoms with Crippen molar-refractivity contribution in [1.29, 1.82) is 0 Å². The third-order valence-electron chi connectivity index (χ3n) is 1.84. The van der Waals surface area contributed by atoms with Crippen molar-refractivity contribution in [2.45, 2.75) is 32.6 Å². The van der Waals surface area contributed by atoms with Gasteiger partial charge in [-0.2, -0.15) is 0 Å². The lowest BCUT2D eigenvalue weighted by Crippen LogP contribution is -2.09. The minimum atomic E-state index is -0.0286. The van der Waals surface area contributed by atoms with Crippen LogP contribution in [-0.2, 0) is 16.6 Å². The van der Waals surface area contributed by atoms with Crippen LogP contribution in [0.15, 0.2) is 15.6 Å². The van der Waals surface area contributed by atoms with E-state index < -0.39 is 0 Å². The average Bonchev–Trinajstić information content (AvgIpc) is 2.52. The van der Waals surface area contributed by atoms with Crippen LogP contribution in [0.25, 0.3) is 0 Å². The van der Waals surface area contributed by atoms with E-state index in [1.807, 2.05) is 6.07 Å². The number of nitrogens with zero attached hydrogens (tertiary/aromatic N) is 2. The highest BCUT2D eigenvalue weighted by Gasteiger charge is 2.19. The van der Waals surface area contributed by atoms with Crippen LogP contribution in [0.1, 0.15) is 32.2 Å². The van der Waals surface area contributed by atoms with E-state index in [4.69, 9.17) is 4.52 Å². The van der Waals surface area contributed by atoms with Gasteiger partial charge in [0.25, 0.3) is 0 Å². The molecule has 1 aromatic heterocycles. The Hall–Kier alpha value is -1.41. The Morgan fingerprint density at radius 1 is 1.57 bits per heavy atom. The Kier molecular flexibility index (Phi) is 3.20. The Labute approximate surface area is 83.0 Å². The zero-order valence-electron chi connectivity index (χ0n) is 8.70. The van der Waals surface area contributed by atoms with Gasteiger partial charge in [0.15, 0.2) is 0 Å². The summed E-state index contributed by atoms with van der Waals surface area (Å²) in [5.74, 6) is 0.850. The molecule has 0 atom stereocenters. The quantitative estimate of drug-likeness (QED) is 0.545. The number of aromatic nitrogens is 1. The lowest BCUT2D eigenvalue weighted by Gasteiger charge is -2.12. The van der Waals surface area contributed by atoms with E-state index in [9.17, 15) is 4.79 Å². The van der Waals surface area contributed by atoms with Crippen molar-refractivity contribution in [1.82, 2.24) is 5.16 Å². The standard InChI is InChI=1S/C10H14N2O2/c1-10(2,3)9-6-8(12-14-9)4-5-11-7-13/h6H,4-5H2,1-3H3. The molecule has 0 spiro atoms. The molecule has 0 bridgehead atoms. The molecule has 0 aliphatic rings. The molecule has 4 heteroatoms. The minimum absolute atomic E-state index is 0.0286. The monoisotopic (exact) mass is 194 g/mol. The normalized spacial score (nSPS) is 11.1. The SMILES string of the molecule is CC(C)(C)c1cc(CCN=C=O)no1. The van der Waals surface area contributed by atoms with Crippen LogP contribution in [0.2, 0.25) is 0 Å². The van der Waals surface area contributed by atoms with Crippen LogP contribution in [0, 0.1) is 0 Å². The van der Waals surface area contributed by atoms with Gasteiger partial charge in [0, 0.05) is 17.9 Å². The van der Waals surface area contributed by atoms with E-state index in [1.165, 1.54) is 6.08 Å². The van der Waals surface area contributed by atoms with Crippen molar-refractivity contribution in [3.8, 4) is 0 Å². The molecule has 0 amide bonds. The first-order chi connectivity index (χ1) is 6.54. The van der Waals surface area contributed by atoms with E-state index in [1.54, 1.807) is 0 Å². The Morgan fingerprint density at radius 3 is 2.79 bits per heavy atom. The van der Waals surface area contributed by atoms with Crippen LogP contribution in [0.5, 0.6) is 0 Å². The molecule has 0 saturated carbocycles. The molecule has 4 nitrogen and oxygen atoms in total. The fourth-order valence-corrected chi connectivity index (χ4v) is 0.999. The molecule has 0 fully saturated rings. The third-order valence-corrected chi connectivity index (χ3v) is 1.84. The largest absolute Gasteiger partial charge is 0.361 e. The first-order valence-corrected chi connectivity index (χ1v) is 4.54. The highest BCUT2D eigenvalue weighted by atomic mass is 16.5. The summed E-state index contributed by atoms with van der Waals surface area (Å²) >= 11 is 0. The number of isocyanates is 1. The predicted octanol–water partition coefficient (Wildman–Crippen LogP) is 1.85. The van der Waals surface area contributed by atoms with E-state index in [-0.39, 0.29) is 5.41 Å². The third kappa shape index (κ3) is 2.82. The second-order valence-electron chi connectivity index (χ2n) is 4.16. The van der Waals surface area contributed by atoms with Crippen molar-refractivity contribution >= 4 is 6.08 Å². The Morgan fingerprint density at radius 2 is 2.29 bits per heavy atom. The smallest absolute Gasteiger partial charge is 0.234 e. The fraction of sp³-hybridized carbons (Fsp3) is 0.600. The number of aliphatic imine (C=N–C) groups is 1. The predicted molar refractivity (Wildman–Crippen MR) is 51.9 cm³/mol. The maximum Gasteiger partial charge on any atom is 0.234 e. The van der Waals surface area contributed by atoms with Gasteiger partial charge >= 0.3 is 0 Å². The molecular formula is C10H14N2O2. The summed E-state index contributed by atoms with van der Waals surface area (Å²) in [7, 11) is 0. The zero-order chi connectivity index (χ0) is 10.6. The summed E-state index contributed by atoms with van der Waals surface area (Å²) in [5, 5.41) is 3.89. The van der Waals surface area contributed by atoms with E-state index >= 15 is 0 Å². The summed E-state index contributed by atoms with van der Waals surface area (Å²) in [6.45, 7) is 6.59. The van der Waals surface area contributed by atoms with Crippen LogP contribution in [0.4, 0.5) is 0 Å². The van der Waals surface area contributed by atoms with Gasteiger partial charge in [-0.15, -0.1) is 0 Å². The van der Waals surface area contributed by atoms with Gasteiger partial charge < -0.3 is 4.52 Å². The van der Waals surface area contributed by atoms with Crippen molar-refractivity contribution in [2.75, 3.05) is 6.54 Å². The summed E-state index contributed by atoms with van der Waals surface area (Å²) < 4.78 is 5.17. The Balaban J connectivity index is 2.64. The van der Waals surface area contributed by atoms with Gasteiger partial charge in [-0.3, -0.25) is 0 Å². The zero-order valence-corrected chi connectivity index (χ0v) is 8.70. The number of rotatable bonds is 3. The maximum absolute atomic E-state index is 9.82. The molecule has 14 heavy (non-hydrogen) atoms. The van der Waals surface area contributed by atoms with Crippen LogP contribution < -0.4 is 0 Å². The van der Waals surface area contributed by atoms with E-state index in [0.717, 1.165) is 11.5 Å². The van der Waals surface area contributed by atoms with Gasteiger partial charge in [0.2, 0.25) is 6.08 Å². The minimum Gasteiger partial charge on any atom is -0.361 e. The van der Waals surface area contributed by atoms with Crippen molar-refractivity contribution in [3.63, 3.8) is 0 Å². The molecule has 0 unspecified atom stereocenters. The summed E-state index contributed by atoms with van der Waals surface area (Å²) in [6, 6.07) is 1.90. The highest BCUT2D eigenvalue weighted by molar-refractivity contribution is 5.32. The van der Waals surface area contributed by atoms with Crippen LogP contribution >= 0.6 is 0 Å². The van der Waals surface area contributed by atoms with Crippen molar-refractivity contribution < 1.29 is 9.32 Å². The molecular weight excluding hydrogens is 180 g/mol. The molecule has 76 valence electrons. The van der Waals surface area contributed by atoms with Crippen molar-refractivity contribution in [2.24, 2.45) is 4.99 Å². The van der Waals surface area contributed by atoms with Crippen LogP contribution in [0.3, 0.4) is 0 Å². The van der Waals surface area contributed by atoms with E-state index in [0.29, 0.717) is 13.0 Å². The number of carbonyl (C=O) groups excluding carboxylic acids is 1. The van der Waals surface area contributed by atoms with Gasteiger partial charge in [-0.05, 0) is 0 Å². The first-order valence-electron chi connectivity index (χ1n) is 4.54. The van der Waals surface area contributed by atoms with E-state index in [2.05, 4.69) is 30.9 Å². The van der Waals surface area contributed by atoms with Gasteiger partial charge in [-0.1, -0.05) is 25.9 Å². The number of hydrogen-bond donors (Lipinski definition) is 0. The van der Waals surface area contributed by atoms with Gasteiger partial charge in [0.1, 0.15) is 5.76 Å². The number of hydrogen-bond acceptors (Lipinski definition) is 4. The molecule has 0 aromatic carbocycles. The fourth-order valence-electron chi connectivity index (χ4n) is 0.999. The Bertz CT molecular complexity index is 343. The average molecular weight is 194 g/mol. The summed E-state index contributed by atoms with van der Waals surface area (Å²) in [6.07, 6.45) is 2.11. The molecule has 0 saturated heterocycles. The van der Waals surface area contributed by atoms with Gasteiger partial charge in [0.05, 0.1) is 12.2 Å². The molecule has 0 radical (unpaired) electrons. The van der Waals surface area contributed by atoms with Crippen molar-refractivity contribution in [3.05, 3.63) is 17.5 Å². The lowest BCUT2D eigenvalue weighted by atomic mass is 9.93. The van der Waals surface area contributed by atoms with Crippen LogP contribution in [-0.4, -0.2) is 17.8 Å². The second-order valence-corrected chi connectivity index (χ2v) is 4.16. The topological polar surface area (TPSA) is 55.5 Å². The highest BCUT2D eigenvalue weighted by Crippen LogP contribution is 2.22. The molecule has 0 N–H and O–H groups in total. The summed E-state index contributed by atoms with van der Waals surface area (Å²) in [5.41, 5.74) is 0.799. The molecule has 0 aliphatic carbocycles. The summed E-state index contributed by atoms with van der Waals surface area (Å²) in [4.78, 5) is 13.3. The first kappa shape index (κ1) is 10.7. The molecule has 0 aliphatic heterocycles. The molecule has 1 heterocycles. The van der Waals surface area contributed by atoms with Gasteiger partial charge in [-0.25, -0.2) is 9.79 Å². The second kappa shape index (κ2) is 4.20. The maximum atomic E-state index is 9.82.